The standard InChI is InChI=1S/C22H28N4O3S2/c1-4-26-20-11-10-17(31(23,28)29)13-19(20)25-22(26)30-14-21(27)24-18(12-15(2)3)16-8-6-5-7-9-16/h5-11,13,15,18H,4,12,14H2,1-3H3,(H,24,27)(H2,23,28,29). The number of nitrogens with one attached hydrogen (secondary N) is 1. The van der Waals surface area contributed by atoms with Crippen LogP contribution in [0.4, 0.5) is 0 Å². The largest absolute Gasteiger partial charge is 0.349 e. The van der Waals surface area contributed by atoms with Gasteiger partial charge >= 0.3 is 0 Å². The molecule has 3 rings (SSSR count). The van der Waals surface area contributed by atoms with Gasteiger partial charge in [0, 0.05) is 6.54 Å². The third kappa shape index (κ3) is 5.87. The van der Waals surface area contributed by atoms with Crippen molar-refractivity contribution >= 4 is 38.7 Å². The molecule has 1 atom stereocenters. The van der Waals surface area contributed by atoms with Gasteiger partial charge in [0.15, 0.2) is 5.16 Å². The van der Waals surface area contributed by atoms with Gasteiger partial charge < -0.3 is 9.88 Å². The van der Waals surface area contributed by atoms with E-state index in [9.17, 15) is 13.2 Å². The molecular formula is C22H28N4O3S2. The number of hydrogen-bond donors (Lipinski definition) is 2. The van der Waals surface area contributed by atoms with Crippen molar-refractivity contribution < 1.29 is 13.2 Å². The molecule has 0 aliphatic rings. The first-order valence-electron chi connectivity index (χ1n) is 10.2. The normalized spacial score (nSPS) is 12.9. The van der Waals surface area contributed by atoms with Crippen molar-refractivity contribution in [3.63, 3.8) is 0 Å². The first-order chi connectivity index (χ1) is 14.7. The molecule has 0 radical (unpaired) electrons. The summed E-state index contributed by atoms with van der Waals surface area (Å²) in [5.74, 6) is 0.585. The first kappa shape index (κ1) is 23.3. The molecule has 7 nitrogen and oxygen atoms in total. The van der Waals surface area contributed by atoms with Crippen molar-refractivity contribution in [2.24, 2.45) is 11.1 Å². The molecule has 3 aromatic rings. The summed E-state index contributed by atoms with van der Waals surface area (Å²) in [4.78, 5) is 17.3. The summed E-state index contributed by atoms with van der Waals surface area (Å²) >= 11 is 1.33. The Kier molecular flexibility index (Phi) is 7.40. The number of rotatable bonds is 9. The second-order valence-electron chi connectivity index (χ2n) is 7.78. The number of sulfonamides is 1. The van der Waals surface area contributed by atoms with E-state index < -0.39 is 10.0 Å². The van der Waals surface area contributed by atoms with Gasteiger partial charge in [-0.3, -0.25) is 4.79 Å². The molecule has 3 N–H and O–H groups in total. The summed E-state index contributed by atoms with van der Waals surface area (Å²) in [6.45, 7) is 6.90. The molecule has 9 heteroatoms. The lowest BCUT2D eigenvalue weighted by Crippen LogP contribution is -2.31. The van der Waals surface area contributed by atoms with E-state index in [1.165, 1.54) is 23.9 Å². The molecule has 1 heterocycles. The minimum absolute atomic E-state index is 0.0226. The molecule has 0 aliphatic heterocycles. The second-order valence-corrected chi connectivity index (χ2v) is 10.3. The van der Waals surface area contributed by atoms with Crippen LogP contribution in [0, 0.1) is 5.92 Å². The highest BCUT2D eigenvalue weighted by atomic mass is 32.2. The lowest BCUT2D eigenvalue weighted by Gasteiger charge is -2.21. The number of fused-ring (bicyclic) bond motifs is 1. The number of nitrogens with two attached hydrogens (primary N) is 1. The number of carbonyl (C=O) groups is 1. The van der Waals surface area contributed by atoms with E-state index in [-0.39, 0.29) is 22.6 Å². The van der Waals surface area contributed by atoms with Crippen molar-refractivity contribution in [2.45, 2.75) is 49.8 Å². The molecule has 166 valence electrons. The molecule has 0 saturated heterocycles. The topological polar surface area (TPSA) is 107 Å². The van der Waals surface area contributed by atoms with Crippen LogP contribution in [-0.4, -0.2) is 29.6 Å². The van der Waals surface area contributed by atoms with Crippen LogP contribution in [0.25, 0.3) is 11.0 Å². The van der Waals surface area contributed by atoms with Gasteiger partial charge in [-0.05, 0) is 43.0 Å². The van der Waals surface area contributed by atoms with Gasteiger partial charge in [-0.2, -0.15) is 0 Å². The molecule has 1 unspecified atom stereocenters. The van der Waals surface area contributed by atoms with Crippen LogP contribution in [0.3, 0.4) is 0 Å². The summed E-state index contributed by atoms with van der Waals surface area (Å²) in [6, 6.07) is 14.6. The highest BCUT2D eigenvalue weighted by Gasteiger charge is 2.18. The Morgan fingerprint density at radius 1 is 1.19 bits per heavy atom. The van der Waals surface area contributed by atoms with E-state index in [0.29, 0.717) is 23.1 Å². The number of hydrogen-bond acceptors (Lipinski definition) is 5. The number of benzene rings is 2. The summed E-state index contributed by atoms with van der Waals surface area (Å²) in [6.07, 6.45) is 0.851. The van der Waals surface area contributed by atoms with Gasteiger partial charge in [0.25, 0.3) is 0 Å². The smallest absolute Gasteiger partial charge is 0.238 e. The van der Waals surface area contributed by atoms with E-state index in [2.05, 4.69) is 24.1 Å². The zero-order valence-electron chi connectivity index (χ0n) is 17.9. The third-order valence-electron chi connectivity index (χ3n) is 4.91. The van der Waals surface area contributed by atoms with Gasteiger partial charge in [-0.15, -0.1) is 0 Å². The van der Waals surface area contributed by atoms with E-state index in [0.717, 1.165) is 17.5 Å². The minimum Gasteiger partial charge on any atom is -0.349 e. The number of imidazole rings is 1. The fourth-order valence-electron chi connectivity index (χ4n) is 3.48. The van der Waals surface area contributed by atoms with Crippen LogP contribution >= 0.6 is 11.8 Å². The number of aromatic nitrogens is 2. The lowest BCUT2D eigenvalue weighted by molar-refractivity contribution is -0.119. The summed E-state index contributed by atoms with van der Waals surface area (Å²) in [5.41, 5.74) is 2.43. The first-order valence-corrected chi connectivity index (χ1v) is 12.7. The predicted molar refractivity (Wildman–Crippen MR) is 124 cm³/mol. The van der Waals surface area contributed by atoms with Crippen LogP contribution < -0.4 is 10.5 Å². The Morgan fingerprint density at radius 3 is 2.52 bits per heavy atom. The molecule has 1 amide bonds. The Hall–Kier alpha value is -2.36. The molecule has 0 aliphatic carbocycles. The average Bonchev–Trinajstić information content (AvgIpc) is 3.08. The van der Waals surface area contributed by atoms with Crippen LogP contribution in [0.5, 0.6) is 0 Å². The van der Waals surface area contributed by atoms with Crippen molar-refractivity contribution in [3.8, 4) is 0 Å². The van der Waals surface area contributed by atoms with E-state index >= 15 is 0 Å². The number of thioether (sulfide) groups is 1. The van der Waals surface area contributed by atoms with Gasteiger partial charge in [-0.25, -0.2) is 18.5 Å². The Balaban J connectivity index is 1.75. The molecular weight excluding hydrogens is 432 g/mol. The minimum atomic E-state index is -3.80. The van der Waals surface area contributed by atoms with E-state index in [1.54, 1.807) is 6.07 Å². The highest BCUT2D eigenvalue weighted by Crippen LogP contribution is 2.26. The lowest BCUT2D eigenvalue weighted by atomic mass is 9.97. The molecule has 1 aromatic heterocycles. The molecule has 0 fully saturated rings. The number of amides is 1. The van der Waals surface area contributed by atoms with Crippen LogP contribution in [-0.2, 0) is 21.4 Å². The Morgan fingerprint density at radius 2 is 1.90 bits per heavy atom. The molecule has 2 aromatic carbocycles. The van der Waals surface area contributed by atoms with Crippen molar-refractivity contribution in [3.05, 3.63) is 54.1 Å². The zero-order chi connectivity index (χ0) is 22.6. The zero-order valence-corrected chi connectivity index (χ0v) is 19.5. The van der Waals surface area contributed by atoms with Crippen LogP contribution in [0.1, 0.15) is 38.8 Å². The number of carbonyl (C=O) groups excluding carboxylic acids is 1. The van der Waals surface area contributed by atoms with Gasteiger partial charge in [0.2, 0.25) is 15.9 Å². The Labute approximate surface area is 187 Å². The maximum Gasteiger partial charge on any atom is 0.238 e. The molecule has 0 saturated carbocycles. The number of aryl methyl sites for hydroxylation is 1. The van der Waals surface area contributed by atoms with Crippen LogP contribution in [0.2, 0.25) is 0 Å². The monoisotopic (exact) mass is 460 g/mol. The van der Waals surface area contributed by atoms with Crippen molar-refractivity contribution in [2.75, 3.05) is 5.75 Å². The predicted octanol–water partition coefficient (Wildman–Crippen LogP) is 3.70. The molecule has 0 bridgehead atoms. The summed E-state index contributed by atoms with van der Waals surface area (Å²) in [5, 5.41) is 9.04. The average molecular weight is 461 g/mol. The molecule has 0 spiro atoms. The maximum absolute atomic E-state index is 12.7. The van der Waals surface area contributed by atoms with Gasteiger partial charge in [0.1, 0.15) is 0 Å². The number of nitrogens with zero attached hydrogens (tertiary/aromatic N) is 2. The Bertz CT molecular complexity index is 1160. The van der Waals surface area contributed by atoms with E-state index in [4.69, 9.17) is 5.14 Å². The van der Waals surface area contributed by atoms with Crippen molar-refractivity contribution in [1.29, 1.82) is 0 Å². The fraction of sp³-hybridized carbons (Fsp3) is 0.364. The van der Waals surface area contributed by atoms with Gasteiger partial charge in [-0.1, -0.05) is 55.9 Å². The van der Waals surface area contributed by atoms with E-state index in [1.807, 2.05) is 41.8 Å². The molecule has 31 heavy (non-hydrogen) atoms. The van der Waals surface area contributed by atoms with Crippen LogP contribution in [0.15, 0.2) is 58.6 Å². The SMILES string of the molecule is CCn1c(SCC(=O)NC(CC(C)C)c2ccccc2)nc2cc(S(N)(=O)=O)ccc21. The highest BCUT2D eigenvalue weighted by molar-refractivity contribution is 7.99. The fourth-order valence-corrected chi connectivity index (χ4v) is 4.90. The quantitative estimate of drug-likeness (QED) is 0.474. The number of primary sulfonamides is 1. The van der Waals surface area contributed by atoms with Gasteiger partial charge in [0.05, 0.1) is 27.7 Å². The van der Waals surface area contributed by atoms with Crippen molar-refractivity contribution in [1.82, 2.24) is 14.9 Å². The second kappa shape index (κ2) is 9.84. The third-order valence-corrected chi connectivity index (χ3v) is 6.79. The maximum atomic E-state index is 12.7. The summed E-state index contributed by atoms with van der Waals surface area (Å²) in [7, 11) is -3.80. The summed E-state index contributed by atoms with van der Waals surface area (Å²) < 4.78 is 25.2.